The Labute approximate surface area is 225 Å². The lowest BCUT2D eigenvalue weighted by Gasteiger charge is -2.47. The first-order valence-corrected chi connectivity index (χ1v) is 14.1. The first-order valence-electron chi connectivity index (χ1n) is 14.1. The molecule has 0 saturated carbocycles. The molecule has 0 bridgehead atoms. The highest BCUT2D eigenvalue weighted by Gasteiger charge is 2.53. The molecule has 0 radical (unpaired) electrons. The molecule has 5 rings (SSSR count). The lowest BCUT2D eigenvalue weighted by molar-refractivity contribution is 0.0598. The van der Waals surface area contributed by atoms with Crippen molar-refractivity contribution in [3.63, 3.8) is 0 Å². The minimum Gasteiger partial charge on any atom is -0.508 e. The summed E-state index contributed by atoms with van der Waals surface area (Å²) >= 11 is 0. The van der Waals surface area contributed by atoms with Crippen LogP contribution in [0.25, 0.3) is 6.08 Å². The van der Waals surface area contributed by atoms with Gasteiger partial charge < -0.3 is 14.8 Å². The van der Waals surface area contributed by atoms with Crippen LogP contribution in [0.2, 0.25) is 6.32 Å². The Morgan fingerprint density at radius 3 is 2.37 bits per heavy atom. The van der Waals surface area contributed by atoms with Gasteiger partial charge in [0, 0.05) is 23.0 Å². The maximum atomic E-state index is 13.8. The summed E-state index contributed by atoms with van der Waals surface area (Å²) < 4.78 is 6.18. The fraction of sp³-hybridized carbons (Fsp3) is 0.438. The van der Waals surface area contributed by atoms with Crippen LogP contribution in [0.5, 0.6) is 5.75 Å². The number of allylic oxidation sites excluding steroid dienone is 2. The van der Waals surface area contributed by atoms with Crippen LogP contribution >= 0.6 is 0 Å². The summed E-state index contributed by atoms with van der Waals surface area (Å²) in [7, 11) is -0.953. The highest BCUT2D eigenvalue weighted by molar-refractivity contribution is 6.43. The van der Waals surface area contributed by atoms with Gasteiger partial charge in [0.25, 0.3) is 0 Å². The molecule has 0 aromatic heterocycles. The Bertz CT molecular complexity index is 1260. The number of ketones is 2. The molecular formula is C32H37BO5. The number of phenols is 1. The summed E-state index contributed by atoms with van der Waals surface area (Å²) in [6.45, 7) is 4.30. The highest BCUT2D eigenvalue weighted by Crippen LogP contribution is 2.51. The number of carbonyl (C=O) groups excluding carboxylic acids is 2. The minimum absolute atomic E-state index is 0.0370. The van der Waals surface area contributed by atoms with E-state index in [0.29, 0.717) is 23.9 Å². The number of hydrogen-bond donors (Lipinski definition) is 2. The molecule has 2 aromatic rings. The van der Waals surface area contributed by atoms with Crippen molar-refractivity contribution in [3.8, 4) is 5.75 Å². The molecule has 1 heterocycles. The van der Waals surface area contributed by atoms with Crippen molar-refractivity contribution in [2.24, 2.45) is 17.8 Å². The Hall–Kier alpha value is -2.96. The molecule has 5 nitrogen and oxygen atoms in total. The molecule has 0 spiro atoms. The molecule has 2 N–H and O–H groups in total. The van der Waals surface area contributed by atoms with E-state index >= 15 is 0 Å². The number of phenolic OH excluding ortho intramolecular Hbond substituents is 1. The summed E-state index contributed by atoms with van der Waals surface area (Å²) in [5.74, 6) is -0.614. The molecule has 6 heteroatoms. The van der Waals surface area contributed by atoms with E-state index in [2.05, 4.69) is 19.9 Å². The first-order chi connectivity index (χ1) is 18.4. The standard InChI is InChI=1S/C32H37BO5/c1-3-7-20(17-21-11-14-23(34)15-12-21)13-16-28-29-22(8-4-2)18-26-30(27(29)19-33(37)38-28)32(36)25-10-6-5-9-24(25)31(26)35/h5-6,9-12,14-15,17,26-28,30,34,37H,3-4,7-8,13,16,18-19H2,1-2H3/b20-17+/t26-,27+,28-,30-/m1/s1. The van der Waals surface area contributed by atoms with Gasteiger partial charge in [0.05, 0.1) is 6.10 Å². The third kappa shape index (κ3) is 5.17. The zero-order chi connectivity index (χ0) is 26.8. The van der Waals surface area contributed by atoms with Crippen molar-refractivity contribution in [3.05, 3.63) is 81.9 Å². The van der Waals surface area contributed by atoms with E-state index in [1.165, 1.54) is 16.7 Å². The van der Waals surface area contributed by atoms with Gasteiger partial charge in [-0.25, -0.2) is 0 Å². The summed E-state index contributed by atoms with van der Waals surface area (Å²) in [5, 5.41) is 20.5. The molecule has 38 heavy (non-hydrogen) atoms. The van der Waals surface area contributed by atoms with E-state index in [-0.39, 0.29) is 35.3 Å². The van der Waals surface area contributed by atoms with Gasteiger partial charge in [0.2, 0.25) is 0 Å². The van der Waals surface area contributed by atoms with Gasteiger partial charge in [-0.15, -0.1) is 0 Å². The van der Waals surface area contributed by atoms with Gasteiger partial charge in [-0.3, -0.25) is 9.59 Å². The van der Waals surface area contributed by atoms with E-state index in [9.17, 15) is 19.7 Å². The Morgan fingerprint density at radius 1 is 0.974 bits per heavy atom. The van der Waals surface area contributed by atoms with Crippen LogP contribution in [0.15, 0.2) is 65.3 Å². The van der Waals surface area contributed by atoms with Gasteiger partial charge in [-0.1, -0.05) is 80.3 Å². The second-order valence-electron chi connectivity index (χ2n) is 11.0. The van der Waals surface area contributed by atoms with Crippen molar-refractivity contribution in [2.45, 2.75) is 71.2 Å². The maximum Gasteiger partial charge on any atom is 0.455 e. The first kappa shape index (κ1) is 26.6. The van der Waals surface area contributed by atoms with E-state index in [1.807, 2.05) is 24.3 Å². The molecule has 0 unspecified atom stereocenters. The molecule has 1 saturated heterocycles. The van der Waals surface area contributed by atoms with Crippen LogP contribution in [0.3, 0.4) is 0 Å². The van der Waals surface area contributed by atoms with Crippen LogP contribution < -0.4 is 0 Å². The van der Waals surface area contributed by atoms with Crippen molar-refractivity contribution in [1.29, 1.82) is 0 Å². The molecule has 198 valence electrons. The zero-order valence-corrected chi connectivity index (χ0v) is 22.4. The van der Waals surface area contributed by atoms with Crippen molar-refractivity contribution in [1.82, 2.24) is 0 Å². The van der Waals surface area contributed by atoms with Crippen LogP contribution in [0.4, 0.5) is 0 Å². The normalized spacial score (nSPS) is 25.2. The molecule has 1 fully saturated rings. The topological polar surface area (TPSA) is 83.8 Å². The molecule has 1 aliphatic heterocycles. The number of rotatable bonds is 8. The predicted octanol–water partition coefficient (Wildman–Crippen LogP) is 6.66. The fourth-order valence-electron chi connectivity index (χ4n) is 6.92. The molecular weight excluding hydrogens is 475 g/mol. The van der Waals surface area contributed by atoms with Gasteiger partial charge in [0.15, 0.2) is 11.6 Å². The summed E-state index contributed by atoms with van der Waals surface area (Å²) in [6.07, 6.45) is 8.19. The van der Waals surface area contributed by atoms with Crippen molar-refractivity contribution < 1.29 is 24.4 Å². The Balaban J connectivity index is 1.46. The lowest BCUT2D eigenvalue weighted by Crippen LogP contribution is -2.50. The quantitative estimate of drug-likeness (QED) is 0.305. The lowest BCUT2D eigenvalue weighted by atomic mass is 9.54. The SMILES string of the molecule is CCCC1=C2[C@@H](CC/C(=C/c3ccc(O)cc3)CCC)OB(O)C[C@@H]2[C@@H]2C(=O)c3ccccc3C(=O)[C@@H]2C1. The third-order valence-electron chi connectivity index (χ3n) is 8.48. The molecule has 0 amide bonds. The number of fused-ring (bicyclic) bond motifs is 4. The minimum atomic E-state index is -0.953. The predicted molar refractivity (Wildman–Crippen MR) is 150 cm³/mol. The van der Waals surface area contributed by atoms with Gasteiger partial charge in [-0.2, -0.15) is 0 Å². The fourth-order valence-corrected chi connectivity index (χ4v) is 6.92. The largest absolute Gasteiger partial charge is 0.508 e. The van der Waals surface area contributed by atoms with E-state index in [1.54, 1.807) is 24.3 Å². The number of hydrogen-bond acceptors (Lipinski definition) is 5. The molecule has 2 aliphatic carbocycles. The van der Waals surface area contributed by atoms with Gasteiger partial charge >= 0.3 is 7.12 Å². The monoisotopic (exact) mass is 512 g/mol. The average Bonchev–Trinajstić information content (AvgIpc) is 2.91. The number of carbonyl (C=O) groups is 2. The van der Waals surface area contributed by atoms with Gasteiger partial charge in [-0.05, 0) is 67.6 Å². The smallest absolute Gasteiger partial charge is 0.455 e. The summed E-state index contributed by atoms with van der Waals surface area (Å²) in [6, 6.07) is 14.4. The summed E-state index contributed by atoms with van der Waals surface area (Å²) in [5.41, 5.74) is 5.82. The molecule has 2 aromatic carbocycles. The second-order valence-corrected chi connectivity index (χ2v) is 11.0. The van der Waals surface area contributed by atoms with Crippen LogP contribution in [0.1, 0.15) is 85.1 Å². The summed E-state index contributed by atoms with van der Waals surface area (Å²) in [4.78, 5) is 27.4. The van der Waals surface area contributed by atoms with E-state index in [4.69, 9.17) is 4.65 Å². The average molecular weight is 512 g/mol. The number of benzene rings is 2. The van der Waals surface area contributed by atoms with Crippen LogP contribution in [0, 0.1) is 17.8 Å². The maximum absolute atomic E-state index is 13.8. The number of Topliss-reactive ketones (excluding diaryl/α,β-unsaturated/α-hetero) is 2. The van der Waals surface area contributed by atoms with Crippen LogP contribution in [-0.4, -0.2) is 34.9 Å². The Kier molecular flexibility index (Phi) is 8.01. The Morgan fingerprint density at radius 2 is 1.68 bits per heavy atom. The van der Waals surface area contributed by atoms with E-state index in [0.717, 1.165) is 44.1 Å². The molecule has 4 atom stereocenters. The molecule has 3 aliphatic rings. The zero-order valence-electron chi connectivity index (χ0n) is 22.4. The van der Waals surface area contributed by atoms with Gasteiger partial charge in [0.1, 0.15) is 5.75 Å². The second kappa shape index (κ2) is 11.4. The third-order valence-corrected chi connectivity index (χ3v) is 8.48. The highest BCUT2D eigenvalue weighted by atomic mass is 16.5. The van der Waals surface area contributed by atoms with E-state index < -0.39 is 13.0 Å². The number of aromatic hydroxyl groups is 1. The van der Waals surface area contributed by atoms with Crippen LogP contribution in [-0.2, 0) is 4.65 Å². The van der Waals surface area contributed by atoms with Crippen molar-refractivity contribution >= 4 is 24.8 Å². The van der Waals surface area contributed by atoms with Crippen molar-refractivity contribution in [2.75, 3.05) is 0 Å².